The third kappa shape index (κ3) is 3.40. The Morgan fingerprint density at radius 2 is 2.23 bits per heavy atom. The van der Waals surface area contributed by atoms with Crippen LogP contribution in [0, 0.1) is 18.3 Å². The van der Waals surface area contributed by atoms with E-state index in [-0.39, 0.29) is 0 Å². The van der Waals surface area contributed by atoms with E-state index in [1.54, 1.807) is 0 Å². The Kier molecular flexibility index (Phi) is 3.81. The minimum atomic E-state index is -0.447. The number of hydrogen-bond acceptors (Lipinski definition) is 1. The molecule has 1 aliphatic rings. The van der Waals surface area contributed by atoms with Gasteiger partial charge in [-0.1, -0.05) is 19.8 Å². The van der Waals surface area contributed by atoms with E-state index in [1.807, 2.05) is 0 Å². The molecule has 74 valence electrons. The van der Waals surface area contributed by atoms with Crippen molar-refractivity contribution in [3.05, 3.63) is 0 Å². The van der Waals surface area contributed by atoms with Crippen molar-refractivity contribution < 1.29 is 5.11 Å². The average Bonchev–Trinajstić information content (AvgIpc) is 2.27. The van der Waals surface area contributed by atoms with Gasteiger partial charge in [-0.25, -0.2) is 0 Å². The van der Waals surface area contributed by atoms with Gasteiger partial charge >= 0.3 is 0 Å². The molecule has 1 nitrogen and oxygen atoms in total. The Bertz CT molecular complexity index is 192. The highest BCUT2D eigenvalue weighted by Gasteiger charge is 2.28. The van der Waals surface area contributed by atoms with Crippen LogP contribution in [0.25, 0.3) is 0 Å². The van der Waals surface area contributed by atoms with E-state index in [4.69, 9.17) is 6.42 Å². The second-order valence-corrected chi connectivity index (χ2v) is 4.46. The standard InChI is InChI=1S/C12H20O/c1-3-4-8-12(13)9-5-6-11(2)7-10-12/h1,11,13H,4-10H2,2H3. The summed E-state index contributed by atoms with van der Waals surface area (Å²) in [5.74, 6) is 3.39. The molecule has 1 heteroatoms. The lowest BCUT2D eigenvalue weighted by Crippen LogP contribution is -2.27. The van der Waals surface area contributed by atoms with Crippen molar-refractivity contribution in [2.24, 2.45) is 5.92 Å². The Morgan fingerprint density at radius 1 is 1.46 bits per heavy atom. The molecule has 1 aliphatic carbocycles. The fourth-order valence-electron chi connectivity index (χ4n) is 2.12. The zero-order valence-electron chi connectivity index (χ0n) is 8.55. The largest absolute Gasteiger partial charge is 0.390 e. The molecule has 0 aromatic rings. The van der Waals surface area contributed by atoms with Crippen LogP contribution in [0.5, 0.6) is 0 Å². The molecule has 0 heterocycles. The van der Waals surface area contributed by atoms with Crippen molar-refractivity contribution in [2.75, 3.05) is 0 Å². The van der Waals surface area contributed by atoms with E-state index in [0.717, 1.165) is 38.0 Å². The van der Waals surface area contributed by atoms with Crippen molar-refractivity contribution in [2.45, 2.75) is 57.5 Å². The summed E-state index contributed by atoms with van der Waals surface area (Å²) in [4.78, 5) is 0. The second-order valence-electron chi connectivity index (χ2n) is 4.46. The first-order chi connectivity index (χ1) is 6.16. The molecule has 0 bridgehead atoms. The SMILES string of the molecule is C#CCCC1(O)CCCC(C)CC1. The minimum Gasteiger partial charge on any atom is -0.390 e. The molecule has 0 radical (unpaired) electrons. The molecular weight excluding hydrogens is 160 g/mol. The van der Waals surface area contributed by atoms with Crippen molar-refractivity contribution in [1.29, 1.82) is 0 Å². The molecule has 1 fully saturated rings. The quantitative estimate of drug-likeness (QED) is 0.511. The van der Waals surface area contributed by atoms with Crippen molar-refractivity contribution >= 4 is 0 Å². The van der Waals surface area contributed by atoms with Crippen LogP contribution in [0.1, 0.15) is 51.9 Å². The average molecular weight is 180 g/mol. The van der Waals surface area contributed by atoms with E-state index in [9.17, 15) is 5.11 Å². The van der Waals surface area contributed by atoms with E-state index in [2.05, 4.69) is 12.8 Å². The molecule has 0 spiro atoms. The molecule has 0 aromatic carbocycles. The van der Waals surface area contributed by atoms with Gasteiger partial charge < -0.3 is 5.11 Å². The molecule has 0 saturated heterocycles. The van der Waals surface area contributed by atoms with E-state index in [1.165, 1.54) is 6.42 Å². The van der Waals surface area contributed by atoms with E-state index in [0.29, 0.717) is 6.42 Å². The van der Waals surface area contributed by atoms with Crippen LogP contribution in [0.15, 0.2) is 0 Å². The van der Waals surface area contributed by atoms with Crippen molar-refractivity contribution in [3.8, 4) is 12.3 Å². The third-order valence-electron chi connectivity index (χ3n) is 3.18. The summed E-state index contributed by atoms with van der Waals surface area (Å²) in [6.45, 7) is 2.27. The lowest BCUT2D eigenvalue weighted by atomic mass is 9.89. The number of hydrogen-bond donors (Lipinski definition) is 1. The summed E-state index contributed by atoms with van der Waals surface area (Å²) in [5, 5.41) is 10.2. The Balaban J connectivity index is 2.43. The van der Waals surface area contributed by atoms with Gasteiger partial charge in [-0.2, -0.15) is 0 Å². The highest BCUT2D eigenvalue weighted by Crippen LogP contribution is 2.32. The lowest BCUT2D eigenvalue weighted by Gasteiger charge is -2.25. The summed E-state index contributed by atoms with van der Waals surface area (Å²) in [6.07, 6.45) is 12.2. The van der Waals surface area contributed by atoms with Crippen LogP contribution >= 0.6 is 0 Å². The lowest BCUT2D eigenvalue weighted by molar-refractivity contribution is 0.0170. The molecule has 13 heavy (non-hydrogen) atoms. The molecule has 2 unspecified atom stereocenters. The number of rotatable bonds is 2. The fourth-order valence-corrected chi connectivity index (χ4v) is 2.12. The first-order valence-corrected chi connectivity index (χ1v) is 5.32. The minimum absolute atomic E-state index is 0.447. The molecule has 0 amide bonds. The second kappa shape index (κ2) is 4.67. The maximum absolute atomic E-state index is 10.2. The highest BCUT2D eigenvalue weighted by molar-refractivity contribution is 4.90. The number of terminal acetylenes is 1. The topological polar surface area (TPSA) is 20.2 Å². The zero-order valence-corrected chi connectivity index (χ0v) is 8.55. The van der Waals surface area contributed by atoms with Gasteiger partial charge in [-0.05, 0) is 31.6 Å². The molecule has 0 aromatic heterocycles. The van der Waals surface area contributed by atoms with Gasteiger partial charge in [0, 0.05) is 6.42 Å². The fraction of sp³-hybridized carbons (Fsp3) is 0.833. The molecule has 1 rings (SSSR count). The van der Waals surface area contributed by atoms with E-state index < -0.39 is 5.60 Å². The van der Waals surface area contributed by atoms with Crippen LogP contribution in [0.2, 0.25) is 0 Å². The number of aliphatic hydroxyl groups is 1. The highest BCUT2D eigenvalue weighted by atomic mass is 16.3. The first-order valence-electron chi connectivity index (χ1n) is 5.32. The van der Waals surface area contributed by atoms with Gasteiger partial charge in [0.1, 0.15) is 0 Å². The molecule has 2 atom stereocenters. The summed E-state index contributed by atoms with van der Waals surface area (Å²) in [7, 11) is 0. The predicted octanol–water partition coefficient (Wildman–Crippen LogP) is 2.73. The summed E-state index contributed by atoms with van der Waals surface area (Å²) in [5.41, 5.74) is -0.447. The van der Waals surface area contributed by atoms with Crippen LogP contribution < -0.4 is 0 Å². The van der Waals surface area contributed by atoms with Gasteiger partial charge in [0.25, 0.3) is 0 Å². The Hall–Kier alpha value is -0.480. The molecule has 1 N–H and O–H groups in total. The zero-order chi connectivity index (χ0) is 9.73. The maximum atomic E-state index is 10.2. The summed E-state index contributed by atoms with van der Waals surface area (Å²) >= 11 is 0. The van der Waals surface area contributed by atoms with Gasteiger partial charge in [0.15, 0.2) is 0 Å². The van der Waals surface area contributed by atoms with Gasteiger partial charge in [-0.15, -0.1) is 12.3 Å². The Morgan fingerprint density at radius 3 is 2.92 bits per heavy atom. The normalized spacial score (nSPS) is 35.0. The third-order valence-corrected chi connectivity index (χ3v) is 3.18. The smallest absolute Gasteiger partial charge is 0.0657 e. The first kappa shape index (κ1) is 10.6. The van der Waals surface area contributed by atoms with Gasteiger partial charge in [-0.3, -0.25) is 0 Å². The summed E-state index contributed by atoms with van der Waals surface area (Å²) in [6, 6.07) is 0. The van der Waals surface area contributed by atoms with Crippen LogP contribution in [0.4, 0.5) is 0 Å². The molecule has 1 saturated carbocycles. The molecule has 0 aliphatic heterocycles. The summed E-state index contributed by atoms with van der Waals surface area (Å²) < 4.78 is 0. The maximum Gasteiger partial charge on any atom is 0.0657 e. The Labute approximate surface area is 81.5 Å². The van der Waals surface area contributed by atoms with Crippen LogP contribution in [-0.2, 0) is 0 Å². The van der Waals surface area contributed by atoms with E-state index >= 15 is 0 Å². The van der Waals surface area contributed by atoms with Crippen LogP contribution in [0.3, 0.4) is 0 Å². The van der Waals surface area contributed by atoms with Gasteiger partial charge in [0.05, 0.1) is 5.60 Å². The van der Waals surface area contributed by atoms with Crippen molar-refractivity contribution in [1.82, 2.24) is 0 Å². The van der Waals surface area contributed by atoms with Gasteiger partial charge in [0.2, 0.25) is 0 Å². The monoisotopic (exact) mass is 180 g/mol. The molecular formula is C12H20O. The predicted molar refractivity (Wildman–Crippen MR) is 55.3 cm³/mol. The van der Waals surface area contributed by atoms with Crippen LogP contribution in [-0.4, -0.2) is 10.7 Å². The van der Waals surface area contributed by atoms with Crippen molar-refractivity contribution in [3.63, 3.8) is 0 Å².